The minimum atomic E-state index is -4.53. The minimum Gasteiger partial charge on any atom is -0.497 e. The Morgan fingerprint density at radius 2 is 1.59 bits per heavy atom. The zero-order valence-electron chi connectivity index (χ0n) is 28.4. The number of methoxy groups -OCH3 is 1. The predicted octanol–water partition coefficient (Wildman–Crippen LogP) is 8.17. The monoisotopic (exact) mass is 677 g/mol. The van der Waals surface area contributed by atoms with Gasteiger partial charge < -0.3 is 19.7 Å². The third-order valence-electron chi connectivity index (χ3n) is 8.44. The van der Waals surface area contributed by atoms with E-state index in [9.17, 15) is 22.8 Å². The van der Waals surface area contributed by atoms with E-state index in [4.69, 9.17) is 14.6 Å². The molecule has 0 bridgehead atoms. The van der Waals surface area contributed by atoms with Crippen LogP contribution in [0.4, 0.5) is 29.5 Å². The van der Waals surface area contributed by atoms with Crippen LogP contribution in [0, 0.1) is 12.8 Å². The zero-order valence-corrected chi connectivity index (χ0v) is 28.4. The third-order valence-corrected chi connectivity index (χ3v) is 8.44. The molecule has 260 valence electrons. The first-order valence-electron chi connectivity index (χ1n) is 16.2. The molecule has 0 unspecified atom stereocenters. The van der Waals surface area contributed by atoms with Gasteiger partial charge in [-0.1, -0.05) is 50.6 Å². The SMILES string of the molecule is COc1ccc(OCC(F)(F)F)c(C(=O)N2CCC(Cc3ccc(NC(=O)Nc4cc(C(C)(C)C)nn4-c4ccc(C)cc4)cc3)CC2)c1. The number of halogens is 3. The fourth-order valence-corrected chi connectivity index (χ4v) is 5.65. The van der Waals surface area contributed by atoms with Gasteiger partial charge in [-0.3, -0.25) is 10.1 Å². The highest BCUT2D eigenvalue weighted by molar-refractivity contribution is 5.99. The van der Waals surface area contributed by atoms with Gasteiger partial charge in [0.05, 0.1) is 24.1 Å². The summed E-state index contributed by atoms with van der Waals surface area (Å²) in [5, 5.41) is 10.6. The van der Waals surface area contributed by atoms with Crippen molar-refractivity contribution in [2.24, 2.45) is 5.92 Å². The lowest BCUT2D eigenvalue weighted by atomic mass is 9.90. The quantitative estimate of drug-likeness (QED) is 0.186. The Morgan fingerprint density at radius 3 is 2.20 bits per heavy atom. The third kappa shape index (κ3) is 9.33. The highest BCUT2D eigenvalue weighted by Gasteiger charge is 2.31. The van der Waals surface area contributed by atoms with Gasteiger partial charge in [0.2, 0.25) is 0 Å². The molecule has 1 aliphatic heterocycles. The Bertz CT molecular complexity index is 1750. The summed E-state index contributed by atoms with van der Waals surface area (Å²) in [7, 11) is 1.43. The first-order valence-corrected chi connectivity index (χ1v) is 16.2. The van der Waals surface area contributed by atoms with Crippen molar-refractivity contribution in [1.82, 2.24) is 14.7 Å². The molecule has 3 aromatic carbocycles. The van der Waals surface area contributed by atoms with Crippen LogP contribution in [-0.4, -0.2) is 59.6 Å². The van der Waals surface area contributed by atoms with Crippen LogP contribution in [0.2, 0.25) is 0 Å². The van der Waals surface area contributed by atoms with E-state index >= 15 is 0 Å². The maximum atomic E-state index is 13.3. The number of benzene rings is 3. The van der Waals surface area contributed by atoms with E-state index in [0.29, 0.717) is 36.3 Å². The lowest BCUT2D eigenvalue weighted by Crippen LogP contribution is -2.39. The maximum absolute atomic E-state index is 13.3. The van der Waals surface area contributed by atoms with Crippen LogP contribution in [-0.2, 0) is 11.8 Å². The molecule has 0 saturated carbocycles. The van der Waals surface area contributed by atoms with Gasteiger partial charge >= 0.3 is 12.2 Å². The average Bonchev–Trinajstić information content (AvgIpc) is 3.49. The number of aryl methyl sites for hydroxylation is 1. The Labute approximate surface area is 284 Å². The van der Waals surface area contributed by atoms with E-state index < -0.39 is 12.8 Å². The molecule has 1 aliphatic rings. The lowest BCUT2D eigenvalue weighted by Gasteiger charge is -2.32. The molecule has 2 N–H and O–H groups in total. The molecule has 1 fully saturated rings. The van der Waals surface area contributed by atoms with Gasteiger partial charge in [-0.05, 0) is 80.1 Å². The van der Waals surface area contributed by atoms with Crippen molar-refractivity contribution in [3.8, 4) is 17.2 Å². The maximum Gasteiger partial charge on any atom is 0.422 e. The molecule has 49 heavy (non-hydrogen) atoms. The summed E-state index contributed by atoms with van der Waals surface area (Å²) in [5.74, 6) is 0.719. The van der Waals surface area contributed by atoms with Crippen LogP contribution in [0.1, 0.15) is 60.8 Å². The number of nitrogens with zero attached hydrogens (tertiary/aromatic N) is 3. The van der Waals surface area contributed by atoms with E-state index in [-0.39, 0.29) is 28.7 Å². The number of ether oxygens (including phenoxy) is 2. The summed E-state index contributed by atoms with van der Waals surface area (Å²) in [6.45, 7) is 7.68. The van der Waals surface area contributed by atoms with Gasteiger partial charge in [0.1, 0.15) is 17.3 Å². The predicted molar refractivity (Wildman–Crippen MR) is 183 cm³/mol. The van der Waals surface area contributed by atoms with Crippen molar-refractivity contribution >= 4 is 23.4 Å². The van der Waals surface area contributed by atoms with Gasteiger partial charge in [0.25, 0.3) is 5.91 Å². The van der Waals surface area contributed by atoms with Crippen molar-refractivity contribution in [1.29, 1.82) is 0 Å². The van der Waals surface area contributed by atoms with Gasteiger partial charge in [-0.2, -0.15) is 18.3 Å². The van der Waals surface area contributed by atoms with Crippen LogP contribution in [0.25, 0.3) is 5.69 Å². The number of hydrogen-bond acceptors (Lipinski definition) is 5. The molecule has 9 nitrogen and oxygen atoms in total. The van der Waals surface area contributed by atoms with Crippen molar-refractivity contribution in [3.63, 3.8) is 0 Å². The van der Waals surface area contributed by atoms with Gasteiger partial charge in [0, 0.05) is 30.3 Å². The second kappa shape index (κ2) is 14.6. The Hall–Kier alpha value is -5.00. The highest BCUT2D eigenvalue weighted by atomic mass is 19.4. The highest BCUT2D eigenvalue weighted by Crippen LogP contribution is 2.31. The number of carbonyl (C=O) groups is 2. The first kappa shape index (κ1) is 35.3. The molecular weight excluding hydrogens is 635 g/mol. The first-order chi connectivity index (χ1) is 23.2. The van der Waals surface area contributed by atoms with E-state index in [1.165, 1.54) is 25.3 Å². The summed E-state index contributed by atoms with van der Waals surface area (Å²) >= 11 is 0. The molecule has 3 amide bonds. The number of piperidine rings is 1. The van der Waals surface area contributed by atoms with E-state index in [1.54, 1.807) is 9.58 Å². The standard InChI is InChI=1S/C37H42F3N5O4/c1-24-6-12-28(13-7-24)45-33(22-32(43-45)36(2,3)4)42-35(47)41-27-10-8-25(9-11-27)20-26-16-18-44(19-17-26)34(46)30-21-29(48-5)14-15-31(30)49-23-37(38,39)40/h6-15,21-22,26H,16-20,23H2,1-5H3,(H2,41,42,47). The molecule has 5 rings (SSSR count). The largest absolute Gasteiger partial charge is 0.497 e. The summed E-state index contributed by atoms with van der Waals surface area (Å²) < 4.78 is 50.3. The van der Waals surface area contributed by atoms with Crippen LogP contribution >= 0.6 is 0 Å². The second-order valence-electron chi connectivity index (χ2n) is 13.4. The number of likely N-dealkylation sites (tertiary alicyclic amines) is 1. The van der Waals surface area contributed by atoms with Gasteiger partial charge in [-0.15, -0.1) is 0 Å². The summed E-state index contributed by atoms with van der Waals surface area (Å²) in [6, 6.07) is 21.3. The Morgan fingerprint density at radius 1 is 0.918 bits per heavy atom. The average molecular weight is 678 g/mol. The normalized spacial score (nSPS) is 14.0. The number of anilines is 2. The summed E-state index contributed by atoms with van der Waals surface area (Å²) in [4.78, 5) is 28.0. The van der Waals surface area contributed by atoms with Crippen molar-refractivity contribution in [2.75, 3.05) is 37.4 Å². The fraction of sp³-hybridized carbons (Fsp3) is 0.378. The van der Waals surface area contributed by atoms with Crippen molar-refractivity contribution < 1.29 is 32.2 Å². The molecule has 1 saturated heterocycles. The molecule has 4 aromatic rings. The Kier molecular flexibility index (Phi) is 10.5. The number of rotatable bonds is 9. The smallest absolute Gasteiger partial charge is 0.422 e. The molecule has 0 aliphatic carbocycles. The molecular formula is C37H42F3N5O4. The van der Waals surface area contributed by atoms with E-state index in [1.807, 2.05) is 61.5 Å². The lowest BCUT2D eigenvalue weighted by molar-refractivity contribution is -0.153. The van der Waals surface area contributed by atoms with Gasteiger partial charge in [0.15, 0.2) is 6.61 Å². The topological polar surface area (TPSA) is 97.7 Å². The number of alkyl halides is 3. The summed E-state index contributed by atoms with van der Waals surface area (Å²) in [6.07, 6.45) is -2.26. The van der Waals surface area contributed by atoms with Crippen LogP contribution in [0.15, 0.2) is 72.8 Å². The Balaban J connectivity index is 1.16. The van der Waals surface area contributed by atoms with Gasteiger partial charge in [-0.25, -0.2) is 9.48 Å². The minimum absolute atomic E-state index is 0.0448. The molecule has 0 atom stereocenters. The molecule has 2 heterocycles. The number of aromatic nitrogens is 2. The van der Waals surface area contributed by atoms with Crippen LogP contribution in [0.5, 0.6) is 11.5 Å². The summed E-state index contributed by atoms with van der Waals surface area (Å²) in [5.41, 5.74) is 4.39. The van der Waals surface area contributed by atoms with Crippen molar-refractivity contribution in [3.05, 3.63) is 95.2 Å². The number of urea groups is 1. The molecule has 0 radical (unpaired) electrons. The molecule has 0 spiro atoms. The number of amides is 3. The number of hydrogen-bond donors (Lipinski definition) is 2. The van der Waals surface area contributed by atoms with Crippen LogP contribution in [0.3, 0.4) is 0 Å². The van der Waals surface area contributed by atoms with E-state index in [2.05, 4.69) is 31.4 Å². The van der Waals surface area contributed by atoms with Crippen molar-refractivity contribution in [2.45, 2.75) is 58.5 Å². The second-order valence-corrected chi connectivity index (χ2v) is 13.4. The number of carbonyl (C=O) groups excluding carboxylic acids is 2. The van der Waals surface area contributed by atoms with E-state index in [0.717, 1.165) is 41.8 Å². The zero-order chi connectivity index (χ0) is 35.3. The molecule has 1 aromatic heterocycles. The molecule has 12 heteroatoms. The fourth-order valence-electron chi connectivity index (χ4n) is 5.65. The van der Waals surface area contributed by atoms with Crippen LogP contribution < -0.4 is 20.1 Å². The number of nitrogens with one attached hydrogen (secondary N) is 2.